The zero-order valence-corrected chi connectivity index (χ0v) is 12.4. The van der Waals surface area contributed by atoms with Crippen molar-refractivity contribution in [1.29, 1.82) is 0 Å². The summed E-state index contributed by atoms with van der Waals surface area (Å²) in [4.78, 5) is 24.8. The first kappa shape index (κ1) is 14.4. The minimum atomic E-state index is -0.486. The van der Waals surface area contributed by atoms with E-state index >= 15 is 0 Å². The van der Waals surface area contributed by atoms with E-state index in [-0.39, 0.29) is 5.69 Å². The van der Waals surface area contributed by atoms with Crippen LogP contribution in [0.15, 0.2) is 24.7 Å². The molecule has 0 radical (unpaired) electrons. The predicted molar refractivity (Wildman–Crippen MR) is 79.0 cm³/mol. The van der Waals surface area contributed by atoms with E-state index in [2.05, 4.69) is 15.0 Å². The highest BCUT2D eigenvalue weighted by Gasteiger charge is 2.17. The van der Waals surface area contributed by atoms with Crippen LogP contribution in [-0.4, -0.2) is 45.8 Å². The molecule has 0 aliphatic carbocycles. The number of aryl methyl sites for hydroxylation is 1. The molecule has 0 fully saturated rings. The minimum absolute atomic E-state index is 0.232. The van der Waals surface area contributed by atoms with Gasteiger partial charge in [-0.2, -0.15) is 0 Å². The number of aromatic nitrogens is 4. The van der Waals surface area contributed by atoms with Crippen LogP contribution in [0.3, 0.4) is 0 Å². The van der Waals surface area contributed by atoms with Gasteiger partial charge in [0.15, 0.2) is 11.5 Å². The van der Waals surface area contributed by atoms with Crippen molar-refractivity contribution >= 4 is 11.5 Å². The van der Waals surface area contributed by atoms with Gasteiger partial charge in [-0.05, 0) is 18.1 Å². The first-order valence-corrected chi connectivity index (χ1v) is 6.90. The van der Waals surface area contributed by atoms with Gasteiger partial charge in [0, 0.05) is 7.05 Å². The first-order chi connectivity index (χ1) is 10.7. The maximum atomic E-state index is 11.9. The van der Waals surface area contributed by atoms with Crippen LogP contribution in [0.5, 0.6) is 0 Å². The summed E-state index contributed by atoms with van der Waals surface area (Å²) >= 11 is 0. The molecule has 0 saturated carbocycles. The lowest BCUT2D eigenvalue weighted by atomic mass is 10.1. The molecule has 0 unspecified atom stereocenters. The van der Waals surface area contributed by atoms with Crippen LogP contribution < -0.4 is 0 Å². The fraction of sp³-hybridized carbons (Fsp3) is 0.333. The molecule has 0 aromatic carbocycles. The summed E-state index contributed by atoms with van der Waals surface area (Å²) in [6, 6.07) is 1.66. The van der Waals surface area contributed by atoms with Crippen molar-refractivity contribution in [2.75, 3.05) is 20.3 Å². The molecule has 1 aliphatic heterocycles. The second-order valence-corrected chi connectivity index (χ2v) is 4.90. The van der Waals surface area contributed by atoms with Gasteiger partial charge in [-0.3, -0.25) is 0 Å². The van der Waals surface area contributed by atoms with E-state index < -0.39 is 5.97 Å². The molecule has 3 rings (SSSR count). The van der Waals surface area contributed by atoms with Crippen molar-refractivity contribution in [2.24, 2.45) is 7.05 Å². The molecule has 2 aromatic heterocycles. The number of hydrogen-bond acceptors (Lipinski definition) is 6. The number of carbonyl (C=O) groups is 1. The molecule has 0 saturated heterocycles. The fourth-order valence-electron chi connectivity index (χ4n) is 2.27. The van der Waals surface area contributed by atoms with E-state index in [1.165, 1.54) is 7.11 Å². The molecular formula is C15H16N4O3. The Labute approximate surface area is 127 Å². The highest BCUT2D eigenvalue weighted by molar-refractivity contribution is 5.88. The van der Waals surface area contributed by atoms with E-state index in [4.69, 9.17) is 9.47 Å². The van der Waals surface area contributed by atoms with Crippen molar-refractivity contribution in [3.8, 4) is 11.5 Å². The molecule has 2 aromatic rings. The van der Waals surface area contributed by atoms with Gasteiger partial charge in [-0.15, -0.1) is 0 Å². The van der Waals surface area contributed by atoms with Crippen molar-refractivity contribution in [1.82, 2.24) is 19.5 Å². The summed E-state index contributed by atoms with van der Waals surface area (Å²) in [5.41, 5.74) is 2.73. The Morgan fingerprint density at radius 2 is 2.27 bits per heavy atom. The molecule has 0 atom stereocenters. The van der Waals surface area contributed by atoms with E-state index in [0.29, 0.717) is 19.0 Å². The normalized spacial score (nSPS) is 14.5. The van der Waals surface area contributed by atoms with Gasteiger partial charge in [-0.1, -0.05) is 6.08 Å². The molecule has 22 heavy (non-hydrogen) atoms. The van der Waals surface area contributed by atoms with Gasteiger partial charge in [0.2, 0.25) is 0 Å². The number of hydrogen-bond donors (Lipinski definition) is 0. The number of carbonyl (C=O) groups excluding carboxylic acids is 1. The summed E-state index contributed by atoms with van der Waals surface area (Å²) < 4.78 is 11.9. The SMILES string of the molecule is COC(=O)c1cc(C2=CCOCC2)nc(-c2cncn2C)n1. The third kappa shape index (κ3) is 2.75. The Kier molecular flexibility index (Phi) is 3.97. The average Bonchev–Trinajstić information content (AvgIpc) is 3.00. The number of esters is 1. The molecule has 7 heteroatoms. The Morgan fingerprint density at radius 3 is 2.91 bits per heavy atom. The van der Waals surface area contributed by atoms with Gasteiger partial charge in [-0.25, -0.2) is 19.7 Å². The third-order valence-electron chi connectivity index (χ3n) is 3.46. The van der Waals surface area contributed by atoms with E-state index in [1.54, 1.807) is 23.2 Å². The maximum Gasteiger partial charge on any atom is 0.356 e. The van der Waals surface area contributed by atoms with Crippen LogP contribution in [-0.2, 0) is 16.5 Å². The molecule has 0 amide bonds. The molecule has 3 heterocycles. The summed E-state index contributed by atoms with van der Waals surface area (Å²) in [6.45, 7) is 1.19. The largest absolute Gasteiger partial charge is 0.464 e. The molecule has 7 nitrogen and oxygen atoms in total. The van der Waals surface area contributed by atoms with Crippen molar-refractivity contribution in [3.05, 3.63) is 36.1 Å². The molecular weight excluding hydrogens is 284 g/mol. The van der Waals surface area contributed by atoms with Gasteiger partial charge in [0.05, 0.1) is 38.5 Å². The number of rotatable bonds is 3. The lowest BCUT2D eigenvalue weighted by Crippen LogP contribution is -2.11. The standard InChI is InChI=1S/C15H16N4O3/c1-19-9-16-8-13(19)14-17-11(10-3-5-22-6-4-10)7-12(18-14)15(20)21-2/h3,7-9H,4-6H2,1-2H3. The summed E-state index contributed by atoms with van der Waals surface area (Å²) in [6.07, 6.45) is 6.05. The van der Waals surface area contributed by atoms with Crippen LogP contribution in [0.25, 0.3) is 17.1 Å². The summed E-state index contributed by atoms with van der Waals surface area (Å²) in [7, 11) is 3.19. The van der Waals surface area contributed by atoms with E-state index in [1.807, 2.05) is 13.1 Å². The smallest absolute Gasteiger partial charge is 0.356 e. The second-order valence-electron chi connectivity index (χ2n) is 4.90. The first-order valence-electron chi connectivity index (χ1n) is 6.90. The molecule has 1 aliphatic rings. The second kappa shape index (κ2) is 6.07. The Bertz CT molecular complexity index is 736. The molecule has 0 bridgehead atoms. The van der Waals surface area contributed by atoms with Crippen LogP contribution in [0, 0.1) is 0 Å². The third-order valence-corrected chi connectivity index (χ3v) is 3.46. The highest BCUT2D eigenvalue weighted by Crippen LogP contribution is 2.23. The summed E-state index contributed by atoms with van der Waals surface area (Å²) in [5, 5.41) is 0. The topological polar surface area (TPSA) is 79.1 Å². The number of imidazole rings is 1. The van der Waals surface area contributed by atoms with Crippen molar-refractivity contribution in [3.63, 3.8) is 0 Å². The molecule has 0 spiro atoms. The molecule has 114 valence electrons. The van der Waals surface area contributed by atoms with Crippen molar-refractivity contribution < 1.29 is 14.3 Å². The van der Waals surface area contributed by atoms with Crippen LogP contribution in [0.4, 0.5) is 0 Å². The number of methoxy groups -OCH3 is 1. The average molecular weight is 300 g/mol. The van der Waals surface area contributed by atoms with Gasteiger partial charge in [0.25, 0.3) is 0 Å². The van der Waals surface area contributed by atoms with E-state index in [9.17, 15) is 4.79 Å². The highest BCUT2D eigenvalue weighted by atomic mass is 16.5. The Hall–Kier alpha value is -2.54. The Morgan fingerprint density at radius 1 is 1.41 bits per heavy atom. The number of nitrogens with zero attached hydrogens (tertiary/aromatic N) is 4. The molecule has 0 N–H and O–H groups in total. The number of ether oxygens (including phenoxy) is 2. The Balaban J connectivity index is 2.12. The fourth-order valence-corrected chi connectivity index (χ4v) is 2.27. The lowest BCUT2D eigenvalue weighted by molar-refractivity contribution is 0.0594. The quantitative estimate of drug-likeness (QED) is 0.799. The van der Waals surface area contributed by atoms with Gasteiger partial charge in [0.1, 0.15) is 5.69 Å². The van der Waals surface area contributed by atoms with Gasteiger partial charge < -0.3 is 14.0 Å². The van der Waals surface area contributed by atoms with Gasteiger partial charge >= 0.3 is 5.97 Å². The van der Waals surface area contributed by atoms with E-state index in [0.717, 1.165) is 23.4 Å². The lowest BCUT2D eigenvalue weighted by Gasteiger charge is -2.14. The maximum absolute atomic E-state index is 11.9. The van der Waals surface area contributed by atoms with Crippen LogP contribution >= 0.6 is 0 Å². The van der Waals surface area contributed by atoms with Crippen LogP contribution in [0.2, 0.25) is 0 Å². The monoisotopic (exact) mass is 300 g/mol. The predicted octanol–water partition coefficient (Wildman–Crippen LogP) is 1.47. The zero-order valence-electron chi connectivity index (χ0n) is 12.4. The van der Waals surface area contributed by atoms with Crippen molar-refractivity contribution in [2.45, 2.75) is 6.42 Å². The van der Waals surface area contributed by atoms with Crippen LogP contribution in [0.1, 0.15) is 22.6 Å². The zero-order chi connectivity index (χ0) is 15.5. The minimum Gasteiger partial charge on any atom is -0.464 e. The summed E-state index contributed by atoms with van der Waals surface area (Å²) in [5.74, 6) is -0.0370.